The van der Waals surface area contributed by atoms with Crippen molar-refractivity contribution in [2.24, 2.45) is 0 Å². The Kier molecular flexibility index (Phi) is 6.37. The highest BCUT2D eigenvalue weighted by atomic mass is 16.5. The fourth-order valence-corrected chi connectivity index (χ4v) is 1.90. The molecule has 5 heteroatoms. The second-order valence-electron chi connectivity index (χ2n) is 5.16. The smallest absolute Gasteiger partial charge is 0.330 e. The summed E-state index contributed by atoms with van der Waals surface area (Å²) >= 11 is 0. The summed E-state index contributed by atoms with van der Waals surface area (Å²) in [5.41, 5.74) is 2.45. The predicted octanol–water partition coefficient (Wildman–Crippen LogP) is 2.36. The molecule has 1 rings (SSSR count). The maximum absolute atomic E-state index is 11.8. The number of carbonyl (C=O) groups excluding carboxylic acids is 1. The van der Waals surface area contributed by atoms with Crippen LogP contribution in [0.15, 0.2) is 18.2 Å². The van der Waals surface area contributed by atoms with Gasteiger partial charge in [-0.2, -0.15) is 0 Å². The number of nitrogens with one attached hydrogen (secondary N) is 1. The highest BCUT2D eigenvalue weighted by Crippen LogP contribution is 2.20. The third kappa shape index (κ3) is 4.86. The first kappa shape index (κ1) is 17.2. The van der Waals surface area contributed by atoms with Gasteiger partial charge in [-0.1, -0.05) is 25.1 Å². The van der Waals surface area contributed by atoms with Gasteiger partial charge in [0.05, 0.1) is 6.10 Å². The number of aryl methyl sites for hydroxylation is 1. The van der Waals surface area contributed by atoms with Crippen molar-refractivity contribution in [2.45, 2.75) is 46.3 Å². The van der Waals surface area contributed by atoms with Crippen molar-refractivity contribution >= 4 is 11.9 Å². The van der Waals surface area contributed by atoms with Crippen LogP contribution in [0.1, 0.15) is 43.0 Å². The summed E-state index contributed by atoms with van der Waals surface area (Å²) in [7, 11) is 0. The van der Waals surface area contributed by atoms with Crippen LogP contribution in [-0.4, -0.2) is 29.7 Å². The maximum atomic E-state index is 11.8. The molecule has 0 aliphatic rings. The van der Waals surface area contributed by atoms with E-state index < -0.39 is 17.9 Å². The molecule has 0 saturated heterocycles. The van der Waals surface area contributed by atoms with Crippen LogP contribution in [0.5, 0.6) is 0 Å². The normalized spacial score (nSPS) is 13.5. The molecule has 116 valence electrons. The number of hydrogen-bond acceptors (Lipinski definition) is 3. The molecular formula is C16H23NO4. The topological polar surface area (TPSA) is 75.6 Å². The molecule has 0 heterocycles. The Bertz CT molecular complexity index is 513. The van der Waals surface area contributed by atoms with E-state index in [4.69, 9.17) is 4.74 Å². The van der Waals surface area contributed by atoms with Crippen LogP contribution in [-0.2, 0) is 14.3 Å². The third-order valence-electron chi connectivity index (χ3n) is 3.58. The van der Waals surface area contributed by atoms with E-state index in [2.05, 4.69) is 5.32 Å². The average Bonchev–Trinajstić information content (AvgIpc) is 2.45. The summed E-state index contributed by atoms with van der Waals surface area (Å²) < 4.78 is 5.32. The number of ether oxygens (including phenoxy) is 1. The lowest BCUT2D eigenvalue weighted by Gasteiger charge is -2.19. The molecule has 2 unspecified atom stereocenters. The molecule has 0 aliphatic carbocycles. The number of rotatable bonds is 7. The molecule has 0 bridgehead atoms. The highest BCUT2D eigenvalue weighted by Gasteiger charge is 2.24. The van der Waals surface area contributed by atoms with Gasteiger partial charge in [0, 0.05) is 0 Å². The van der Waals surface area contributed by atoms with E-state index in [0.29, 0.717) is 5.56 Å². The molecule has 0 radical (unpaired) electrons. The molecule has 0 spiro atoms. The zero-order chi connectivity index (χ0) is 16.0. The minimum atomic E-state index is -1.08. The maximum Gasteiger partial charge on any atom is 0.330 e. The van der Waals surface area contributed by atoms with E-state index in [9.17, 15) is 14.7 Å². The van der Waals surface area contributed by atoms with Crippen molar-refractivity contribution in [1.29, 1.82) is 0 Å². The van der Waals surface area contributed by atoms with Crippen LogP contribution in [0.3, 0.4) is 0 Å². The summed E-state index contributed by atoms with van der Waals surface area (Å²) in [4.78, 5) is 23.3. The SMILES string of the molecule is CCC(C)OCC(=O)NC(C(=O)O)c1cccc(C)c1C. The van der Waals surface area contributed by atoms with Crippen molar-refractivity contribution in [1.82, 2.24) is 5.32 Å². The number of hydrogen-bond donors (Lipinski definition) is 2. The van der Waals surface area contributed by atoms with Crippen molar-refractivity contribution in [3.63, 3.8) is 0 Å². The third-order valence-corrected chi connectivity index (χ3v) is 3.58. The minimum Gasteiger partial charge on any atom is -0.479 e. The Labute approximate surface area is 125 Å². The first-order valence-corrected chi connectivity index (χ1v) is 7.06. The monoisotopic (exact) mass is 293 g/mol. The van der Waals surface area contributed by atoms with E-state index in [1.165, 1.54) is 0 Å². The second kappa shape index (κ2) is 7.78. The largest absolute Gasteiger partial charge is 0.479 e. The highest BCUT2D eigenvalue weighted by molar-refractivity contribution is 5.85. The van der Waals surface area contributed by atoms with E-state index in [1.54, 1.807) is 12.1 Å². The van der Waals surface area contributed by atoms with Gasteiger partial charge < -0.3 is 15.2 Å². The van der Waals surface area contributed by atoms with Crippen LogP contribution in [0.25, 0.3) is 0 Å². The van der Waals surface area contributed by atoms with Gasteiger partial charge in [0.15, 0.2) is 6.04 Å². The molecule has 21 heavy (non-hydrogen) atoms. The predicted molar refractivity (Wildman–Crippen MR) is 80.1 cm³/mol. The zero-order valence-electron chi connectivity index (χ0n) is 13.0. The van der Waals surface area contributed by atoms with E-state index >= 15 is 0 Å². The Morgan fingerprint density at radius 1 is 1.33 bits per heavy atom. The summed E-state index contributed by atoms with van der Waals surface area (Å²) in [5.74, 6) is -1.51. The Hall–Kier alpha value is -1.88. The summed E-state index contributed by atoms with van der Waals surface area (Å²) in [6.07, 6.45) is 0.770. The summed E-state index contributed by atoms with van der Waals surface area (Å²) in [6.45, 7) is 7.45. The van der Waals surface area contributed by atoms with Gasteiger partial charge in [-0.25, -0.2) is 4.79 Å². The standard InChI is InChI=1S/C16H23NO4/c1-5-11(3)21-9-14(18)17-15(16(19)20)13-8-6-7-10(2)12(13)4/h6-8,11,15H,5,9H2,1-4H3,(H,17,18)(H,19,20). The first-order chi connectivity index (χ1) is 9.86. The van der Waals surface area contributed by atoms with Crippen LogP contribution in [0.4, 0.5) is 0 Å². The van der Waals surface area contributed by atoms with Crippen LogP contribution < -0.4 is 5.32 Å². The molecule has 0 aromatic heterocycles. The molecule has 2 atom stereocenters. The number of carboxylic acids is 1. The van der Waals surface area contributed by atoms with E-state index in [1.807, 2.05) is 33.8 Å². The minimum absolute atomic E-state index is 0.0280. The fourth-order valence-electron chi connectivity index (χ4n) is 1.90. The Morgan fingerprint density at radius 2 is 2.00 bits per heavy atom. The van der Waals surface area contributed by atoms with E-state index in [-0.39, 0.29) is 12.7 Å². The van der Waals surface area contributed by atoms with Gasteiger partial charge in [-0.3, -0.25) is 4.79 Å². The van der Waals surface area contributed by atoms with Gasteiger partial charge >= 0.3 is 5.97 Å². The van der Waals surface area contributed by atoms with Crippen LogP contribution in [0.2, 0.25) is 0 Å². The second-order valence-corrected chi connectivity index (χ2v) is 5.16. The van der Waals surface area contributed by atoms with Gasteiger partial charge in [-0.15, -0.1) is 0 Å². The lowest BCUT2D eigenvalue weighted by molar-refractivity contribution is -0.143. The van der Waals surface area contributed by atoms with Crippen molar-refractivity contribution in [3.05, 3.63) is 34.9 Å². The molecular weight excluding hydrogens is 270 g/mol. The number of aliphatic carboxylic acids is 1. The first-order valence-electron chi connectivity index (χ1n) is 7.06. The van der Waals surface area contributed by atoms with Crippen molar-refractivity contribution < 1.29 is 19.4 Å². The number of benzene rings is 1. The van der Waals surface area contributed by atoms with Gasteiger partial charge in [0.25, 0.3) is 0 Å². The lowest BCUT2D eigenvalue weighted by atomic mass is 9.97. The lowest BCUT2D eigenvalue weighted by Crippen LogP contribution is -2.37. The molecule has 0 saturated carbocycles. The molecule has 0 fully saturated rings. The van der Waals surface area contributed by atoms with Crippen molar-refractivity contribution in [3.8, 4) is 0 Å². The molecule has 5 nitrogen and oxygen atoms in total. The number of carboxylic acid groups (broad SMARTS) is 1. The Balaban J connectivity index is 2.81. The van der Waals surface area contributed by atoms with E-state index in [0.717, 1.165) is 17.5 Å². The average molecular weight is 293 g/mol. The molecule has 1 amide bonds. The van der Waals surface area contributed by atoms with Crippen LogP contribution in [0, 0.1) is 13.8 Å². The quantitative estimate of drug-likeness (QED) is 0.809. The van der Waals surface area contributed by atoms with Gasteiger partial charge in [-0.05, 0) is 43.9 Å². The van der Waals surface area contributed by atoms with Gasteiger partial charge in [0.1, 0.15) is 6.61 Å². The summed E-state index contributed by atoms with van der Waals surface area (Å²) in [6, 6.07) is 4.36. The Morgan fingerprint density at radius 3 is 2.57 bits per heavy atom. The number of amides is 1. The number of carbonyl (C=O) groups is 2. The van der Waals surface area contributed by atoms with Gasteiger partial charge in [0.2, 0.25) is 5.91 Å². The zero-order valence-corrected chi connectivity index (χ0v) is 13.0. The molecule has 0 aliphatic heterocycles. The molecule has 1 aromatic carbocycles. The fraction of sp³-hybridized carbons (Fsp3) is 0.500. The summed E-state index contributed by atoms with van der Waals surface area (Å²) in [5, 5.41) is 11.9. The molecule has 1 aromatic rings. The van der Waals surface area contributed by atoms with Crippen molar-refractivity contribution in [2.75, 3.05) is 6.61 Å². The molecule has 2 N–H and O–H groups in total. The van der Waals surface area contributed by atoms with Crippen LogP contribution >= 0.6 is 0 Å².